The molecule has 1 aliphatic heterocycles. The first-order valence-electron chi connectivity index (χ1n) is 8.53. The van der Waals surface area contributed by atoms with Gasteiger partial charge < -0.3 is 9.31 Å². The molecular weight excluding hydrogens is 311 g/mol. The maximum absolute atomic E-state index is 6.15. The van der Waals surface area contributed by atoms with Crippen molar-refractivity contribution in [2.45, 2.75) is 38.9 Å². The van der Waals surface area contributed by atoms with Gasteiger partial charge in [0.25, 0.3) is 0 Å². The lowest BCUT2D eigenvalue weighted by atomic mass is 9.79. The summed E-state index contributed by atoms with van der Waals surface area (Å²) >= 11 is 0. The predicted molar refractivity (Wildman–Crippen MR) is 101 cm³/mol. The average Bonchev–Trinajstić information content (AvgIpc) is 2.82. The van der Waals surface area contributed by atoms with E-state index in [4.69, 9.17) is 14.3 Å². The van der Waals surface area contributed by atoms with Crippen LogP contribution in [0.4, 0.5) is 0 Å². The van der Waals surface area contributed by atoms with E-state index >= 15 is 0 Å². The molecule has 1 fully saturated rings. The molecule has 0 radical (unpaired) electrons. The van der Waals surface area contributed by atoms with Crippen molar-refractivity contribution in [3.05, 3.63) is 54.7 Å². The first-order valence-corrected chi connectivity index (χ1v) is 8.53. The lowest BCUT2D eigenvalue weighted by Crippen LogP contribution is -2.41. The molecule has 1 aliphatic rings. The molecule has 3 aromatic rings. The highest BCUT2D eigenvalue weighted by atomic mass is 16.7. The van der Waals surface area contributed by atoms with E-state index < -0.39 is 0 Å². The third-order valence-corrected chi connectivity index (χ3v) is 5.16. The number of rotatable bonds is 2. The van der Waals surface area contributed by atoms with Gasteiger partial charge in [0.05, 0.1) is 16.7 Å². The van der Waals surface area contributed by atoms with Crippen LogP contribution < -0.4 is 5.46 Å². The number of fused-ring (bicyclic) bond motifs is 1. The smallest absolute Gasteiger partial charge is 0.399 e. The van der Waals surface area contributed by atoms with Crippen LogP contribution in [0, 0.1) is 0 Å². The molecule has 5 heteroatoms. The van der Waals surface area contributed by atoms with Gasteiger partial charge in [-0.25, -0.2) is 9.97 Å². The summed E-state index contributed by atoms with van der Waals surface area (Å²) < 4.78 is 12.3. The SMILES string of the molecule is CC1(C)OB(c2ccc3cnc(-c4ccccc4)nc3c2)OC1(C)C. The molecule has 2 heterocycles. The van der Waals surface area contributed by atoms with Gasteiger partial charge in [-0.3, -0.25) is 0 Å². The first-order chi connectivity index (χ1) is 11.9. The van der Waals surface area contributed by atoms with Crippen LogP contribution in [0.1, 0.15) is 27.7 Å². The van der Waals surface area contributed by atoms with Crippen LogP contribution in [0.3, 0.4) is 0 Å². The maximum Gasteiger partial charge on any atom is 0.494 e. The largest absolute Gasteiger partial charge is 0.494 e. The monoisotopic (exact) mass is 332 g/mol. The van der Waals surface area contributed by atoms with Gasteiger partial charge >= 0.3 is 7.12 Å². The molecule has 0 spiro atoms. The minimum Gasteiger partial charge on any atom is -0.399 e. The Labute approximate surface area is 148 Å². The molecule has 0 unspecified atom stereocenters. The van der Waals surface area contributed by atoms with Crippen molar-refractivity contribution in [3.8, 4) is 11.4 Å². The summed E-state index contributed by atoms with van der Waals surface area (Å²) in [5.74, 6) is 0.721. The van der Waals surface area contributed by atoms with Crippen molar-refractivity contribution < 1.29 is 9.31 Å². The Morgan fingerprint density at radius 3 is 2.24 bits per heavy atom. The molecule has 4 rings (SSSR count). The molecule has 1 saturated heterocycles. The second kappa shape index (κ2) is 5.65. The molecule has 0 aliphatic carbocycles. The number of hydrogen-bond acceptors (Lipinski definition) is 4. The number of benzene rings is 2. The average molecular weight is 332 g/mol. The van der Waals surface area contributed by atoms with Crippen LogP contribution in [-0.4, -0.2) is 28.3 Å². The first kappa shape index (κ1) is 16.2. The third-order valence-electron chi connectivity index (χ3n) is 5.16. The molecule has 126 valence electrons. The zero-order valence-corrected chi connectivity index (χ0v) is 15.0. The highest BCUT2D eigenvalue weighted by Gasteiger charge is 2.51. The fraction of sp³-hybridized carbons (Fsp3) is 0.300. The topological polar surface area (TPSA) is 44.2 Å². The van der Waals surface area contributed by atoms with Crippen LogP contribution in [0.5, 0.6) is 0 Å². The van der Waals surface area contributed by atoms with Gasteiger partial charge in [0, 0.05) is 17.1 Å². The molecule has 0 atom stereocenters. The van der Waals surface area contributed by atoms with Crippen molar-refractivity contribution in [2.24, 2.45) is 0 Å². The van der Waals surface area contributed by atoms with Gasteiger partial charge in [-0.2, -0.15) is 0 Å². The summed E-state index contributed by atoms with van der Waals surface area (Å²) in [7, 11) is -0.385. The maximum atomic E-state index is 6.15. The molecule has 0 saturated carbocycles. The Kier molecular flexibility index (Phi) is 3.67. The summed E-state index contributed by atoms with van der Waals surface area (Å²) in [6, 6.07) is 16.1. The molecular formula is C20H21BN2O2. The van der Waals surface area contributed by atoms with Crippen molar-refractivity contribution in [2.75, 3.05) is 0 Å². The van der Waals surface area contributed by atoms with Crippen LogP contribution >= 0.6 is 0 Å². The summed E-state index contributed by atoms with van der Waals surface area (Å²) in [6.07, 6.45) is 1.86. The molecule has 0 bridgehead atoms. The molecule has 4 nitrogen and oxygen atoms in total. The van der Waals surface area contributed by atoms with Crippen LogP contribution in [-0.2, 0) is 9.31 Å². The zero-order valence-electron chi connectivity index (χ0n) is 15.0. The fourth-order valence-corrected chi connectivity index (χ4v) is 2.89. The van der Waals surface area contributed by atoms with E-state index in [1.807, 2.05) is 54.7 Å². The van der Waals surface area contributed by atoms with Crippen LogP contribution in [0.25, 0.3) is 22.3 Å². The van der Waals surface area contributed by atoms with Gasteiger partial charge in [-0.05, 0) is 39.2 Å². The predicted octanol–water partition coefficient (Wildman–Crippen LogP) is 3.60. The Morgan fingerprint density at radius 2 is 1.56 bits per heavy atom. The van der Waals surface area contributed by atoms with Crippen LogP contribution in [0.2, 0.25) is 0 Å². The van der Waals surface area contributed by atoms with Gasteiger partial charge in [-0.15, -0.1) is 0 Å². The number of aromatic nitrogens is 2. The minimum atomic E-state index is -0.385. The summed E-state index contributed by atoms with van der Waals surface area (Å²) in [5.41, 5.74) is 2.16. The van der Waals surface area contributed by atoms with Gasteiger partial charge in [0.15, 0.2) is 5.82 Å². The number of nitrogens with zero attached hydrogens (tertiary/aromatic N) is 2. The second-order valence-electron chi connectivity index (χ2n) is 7.47. The van der Waals surface area contributed by atoms with E-state index in [1.54, 1.807) is 0 Å². The zero-order chi connectivity index (χ0) is 17.7. The minimum absolute atomic E-state index is 0.354. The van der Waals surface area contributed by atoms with Crippen molar-refractivity contribution in [1.82, 2.24) is 9.97 Å². The van der Waals surface area contributed by atoms with E-state index in [2.05, 4.69) is 32.7 Å². The van der Waals surface area contributed by atoms with E-state index in [0.29, 0.717) is 0 Å². The van der Waals surface area contributed by atoms with E-state index in [1.165, 1.54) is 0 Å². The van der Waals surface area contributed by atoms with E-state index in [0.717, 1.165) is 27.8 Å². The van der Waals surface area contributed by atoms with E-state index in [9.17, 15) is 0 Å². The Hall–Kier alpha value is -2.24. The highest BCUT2D eigenvalue weighted by molar-refractivity contribution is 6.62. The lowest BCUT2D eigenvalue weighted by Gasteiger charge is -2.32. The lowest BCUT2D eigenvalue weighted by molar-refractivity contribution is 0.00578. The fourth-order valence-electron chi connectivity index (χ4n) is 2.89. The summed E-state index contributed by atoms with van der Waals surface area (Å²) in [6.45, 7) is 8.24. The van der Waals surface area contributed by atoms with Gasteiger partial charge in [-0.1, -0.05) is 42.5 Å². The second-order valence-corrected chi connectivity index (χ2v) is 7.47. The van der Waals surface area contributed by atoms with Crippen molar-refractivity contribution in [1.29, 1.82) is 0 Å². The van der Waals surface area contributed by atoms with Gasteiger partial charge in [0.1, 0.15) is 0 Å². The van der Waals surface area contributed by atoms with Crippen molar-refractivity contribution in [3.63, 3.8) is 0 Å². The summed E-state index contributed by atoms with van der Waals surface area (Å²) in [4.78, 5) is 9.20. The summed E-state index contributed by atoms with van der Waals surface area (Å²) in [5, 5.41) is 1.000. The molecule has 25 heavy (non-hydrogen) atoms. The molecule has 2 aromatic carbocycles. The van der Waals surface area contributed by atoms with E-state index in [-0.39, 0.29) is 18.3 Å². The Morgan fingerprint density at radius 1 is 0.880 bits per heavy atom. The van der Waals surface area contributed by atoms with Crippen LogP contribution in [0.15, 0.2) is 54.7 Å². The Bertz CT molecular complexity index is 909. The molecule has 1 aromatic heterocycles. The standard InChI is InChI=1S/C20H21BN2O2/c1-19(2)20(3,4)25-21(24-19)16-11-10-15-13-22-18(23-17(15)12-16)14-8-6-5-7-9-14/h5-13H,1-4H3. The number of hydrogen-bond donors (Lipinski definition) is 0. The van der Waals surface area contributed by atoms with Gasteiger partial charge in [0.2, 0.25) is 0 Å². The third kappa shape index (κ3) is 2.83. The highest BCUT2D eigenvalue weighted by Crippen LogP contribution is 2.36. The molecule has 0 N–H and O–H groups in total. The molecule has 0 amide bonds. The normalized spacial score (nSPS) is 18.6. The van der Waals surface area contributed by atoms with Crippen molar-refractivity contribution >= 4 is 23.5 Å². The quantitative estimate of drug-likeness (QED) is 0.673. The Balaban J connectivity index is 1.73.